The van der Waals surface area contributed by atoms with E-state index in [1.54, 1.807) is 25.9 Å². The molecule has 0 saturated carbocycles. The smallest absolute Gasteiger partial charge is 0.244 e. The van der Waals surface area contributed by atoms with E-state index in [0.717, 1.165) is 19.4 Å². The average Bonchev–Trinajstić information content (AvgIpc) is 2.39. The number of nitrogens with one attached hydrogen (secondary N) is 2. The molecule has 7 heteroatoms. The zero-order chi connectivity index (χ0) is 13.8. The molecule has 0 aromatic carbocycles. The first-order valence-corrected chi connectivity index (χ1v) is 5.75. The van der Waals surface area contributed by atoms with Crippen molar-refractivity contribution in [2.45, 2.75) is 19.4 Å². The molecule has 18 heavy (non-hydrogen) atoms. The fraction of sp³-hybridized carbons (Fsp3) is 0.636. The van der Waals surface area contributed by atoms with Crippen LogP contribution >= 0.6 is 0 Å². The van der Waals surface area contributed by atoms with Crippen LogP contribution in [0.3, 0.4) is 0 Å². The number of likely N-dealkylation sites (N-methyl/N-ethyl adjacent to an activating group) is 1. The van der Waals surface area contributed by atoms with Gasteiger partial charge in [0.25, 0.3) is 0 Å². The summed E-state index contributed by atoms with van der Waals surface area (Å²) in [6, 6.07) is -0.437. The maximum atomic E-state index is 11.1. The highest BCUT2D eigenvalue weighted by molar-refractivity contribution is 5.83. The number of hydrogen-bond acceptors (Lipinski definition) is 3. The zero-order valence-corrected chi connectivity index (χ0v) is 11.1. The second kappa shape index (κ2) is 10.2. The maximum Gasteiger partial charge on any atom is 0.244 e. The largest absolute Gasteiger partial charge is 0.376 e. The fourth-order valence-electron chi connectivity index (χ4n) is 1.05. The van der Waals surface area contributed by atoms with Crippen LogP contribution in [0.2, 0.25) is 0 Å². The molecule has 0 aliphatic rings. The minimum atomic E-state index is -0.437. The molecule has 0 aliphatic heterocycles. The molecule has 0 spiro atoms. The lowest BCUT2D eigenvalue weighted by Gasteiger charge is -2.08. The first-order valence-electron chi connectivity index (χ1n) is 5.75. The lowest BCUT2D eigenvalue weighted by Crippen LogP contribution is -2.28. The van der Waals surface area contributed by atoms with Gasteiger partial charge in [0.2, 0.25) is 12.3 Å². The van der Waals surface area contributed by atoms with Crippen molar-refractivity contribution in [1.29, 1.82) is 0 Å². The lowest BCUT2D eigenvalue weighted by molar-refractivity contribution is -0.121. The molecule has 0 aromatic rings. The summed E-state index contributed by atoms with van der Waals surface area (Å²) in [6.07, 6.45) is 4.49. The average molecular weight is 255 g/mol. The van der Waals surface area contributed by atoms with Gasteiger partial charge >= 0.3 is 0 Å². The molecule has 2 amide bonds. The lowest BCUT2D eigenvalue weighted by atomic mass is 10.3. The first-order chi connectivity index (χ1) is 8.61. The maximum absolute atomic E-state index is 11.1. The predicted octanol–water partition coefficient (Wildman–Crippen LogP) is -0.755. The number of carbonyl (C=O) groups is 2. The van der Waals surface area contributed by atoms with Gasteiger partial charge < -0.3 is 15.5 Å². The molecular weight excluding hydrogens is 234 g/mol. The van der Waals surface area contributed by atoms with Gasteiger partial charge in [0, 0.05) is 27.2 Å². The van der Waals surface area contributed by atoms with Crippen molar-refractivity contribution < 1.29 is 9.59 Å². The Hall–Kier alpha value is -1.92. The number of amides is 2. The minimum Gasteiger partial charge on any atom is -0.376 e. The van der Waals surface area contributed by atoms with Gasteiger partial charge in [0.1, 0.15) is 12.4 Å². The zero-order valence-electron chi connectivity index (χ0n) is 11.1. The summed E-state index contributed by atoms with van der Waals surface area (Å²) in [7, 11) is 3.30. The molecule has 0 aliphatic carbocycles. The Morgan fingerprint density at radius 2 is 2.22 bits per heavy atom. The molecule has 0 saturated heterocycles. The van der Waals surface area contributed by atoms with E-state index in [4.69, 9.17) is 0 Å². The summed E-state index contributed by atoms with van der Waals surface area (Å²) in [5.41, 5.74) is 0. The Balaban J connectivity index is 3.62. The Morgan fingerprint density at radius 1 is 1.50 bits per heavy atom. The predicted molar refractivity (Wildman–Crippen MR) is 71.8 cm³/mol. The number of hydrogen-bond donors (Lipinski definition) is 2. The van der Waals surface area contributed by atoms with Gasteiger partial charge in [0.05, 0.1) is 6.34 Å². The van der Waals surface area contributed by atoms with E-state index < -0.39 is 6.04 Å². The number of carbonyl (C=O) groups excluding carboxylic acids is 2. The Morgan fingerprint density at radius 3 is 2.83 bits per heavy atom. The highest BCUT2D eigenvalue weighted by Crippen LogP contribution is 1.86. The number of rotatable bonds is 9. The highest BCUT2D eigenvalue weighted by Gasteiger charge is 2.06. The van der Waals surface area contributed by atoms with Crippen LogP contribution in [0.25, 0.3) is 0 Å². The molecule has 1 atom stereocenters. The topological polar surface area (TPSA) is 86.2 Å². The van der Waals surface area contributed by atoms with Crippen LogP contribution in [0.15, 0.2) is 9.98 Å². The minimum absolute atomic E-state index is 0.147. The van der Waals surface area contributed by atoms with Gasteiger partial charge in [-0.15, -0.1) is 0 Å². The summed E-state index contributed by atoms with van der Waals surface area (Å²) >= 11 is 0. The van der Waals surface area contributed by atoms with Crippen LogP contribution in [0, 0.1) is 0 Å². The SMILES string of the molecule is CNC(=O)C(C)/N=C\N=C\NCCCN(C)C=O. The van der Waals surface area contributed by atoms with E-state index in [1.807, 2.05) is 0 Å². The van der Waals surface area contributed by atoms with E-state index in [9.17, 15) is 9.59 Å². The van der Waals surface area contributed by atoms with Crippen molar-refractivity contribution in [3.05, 3.63) is 0 Å². The molecule has 102 valence electrons. The van der Waals surface area contributed by atoms with E-state index in [-0.39, 0.29) is 5.91 Å². The summed E-state index contributed by atoms with van der Waals surface area (Å²) < 4.78 is 0. The van der Waals surface area contributed by atoms with E-state index in [1.165, 1.54) is 12.7 Å². The molecule has 0 rings (SSSR count). The number of nitrogens with zero attached hydrogens (tertiary/aromatic N) is 3. The van der Waals surface area contributed by atoms with E-state index in [2.05, 4.69) is 20.6 Å². The van der Waals surface area contributed by atoms with Gasteiger partial charge in [-0.2, -0.15) is 0 Å². The molecular formula is C11H21N5O2. The summed E-state index contributed by atoms with van der Waals surface area (Å²) in [5, 5.41) is 5.45. The molecule has 0 bridgehead atoms. The normalized spacial score (nSPS) is 12.6. The van der Waals surface area contributed by atoms with Crippen LogP contribution in [0.4, 0.5) is 0 Å². The van der Waals surface area contributed by atoms with Crippen molar-refractivity contribution in [3.8, 4) is 0 Å². The van der Waals surface area contributed by atoms with Gasteiger partial charge in [-0.3, -0.25) is 14.6 Å². The monoisotopic (exact) mass is 255 g/mol. The molecule has 0 heterocycles. The van der Waals surface area contributed by atoms with Gasteiger partial charge in [-0.1, -0.05) is 0 Å². The van der Waals surface area contributed by atoms with Crippen LogP contribution < -0.4 is 10.6 Å². The third kappa shape index (κ3) is 8.26. The fourth-order valence-corrected chi connectivity index (χ4v) is 1.05. The molecule has 0 radical (unpaired) electrons. The van der Waals surface area contributed by atoms with Gasteiger partial charge in [-0.25, -0.2) is 4.99 Å². The van der Waals surface area contributed by atoms with Crippen molar-refractivity contribution >= 4 is 25.0 Å². The van der Waals surface area contributed by atoms with Crippen LogP contribution in [0.5, 0.6) is 0 Å². The van der Waals surface area contributed by atoms with Crippen LogP contribution in [-0.4, -0.2) is 63.1 Å². The third-order valence-corrected chi connectivity index (χ3v) is 2.16. The first kappa shape index (κ1) is 16.1. The summed E-state index contributed by atoms with van der Waals surface area (Å²) in [5.74, 6) is -0.147. The van der Waals surface area contributed by atoms with E-state index >= 15 is 0 Å². The third-order valence-electron chi connectivity index (χ3n) is 2.16. The van der Waals surface area contributed by atoms with Crippen molar-refractivity contribution in [2.75, 3.05) is 27.2 Å². The van der Waals surface area contributed by atoms with Crippen molar-refractivity contribution in [3.63, 3.8) is 0 Å². The van der Waals surface area contributed by atoms with Crippen LogP contribution in [-0.2, 0) is 9.59 Å². The summed E-state index contributed by atoms with van der Waals surface area (Å²) in [6.45, 7) is 3.11. The Labute approximate surface area is 107 Å². The van der Waals surface area contributed by atoms with Gasteiger partial charge in [-0.05, 0) is 13.3 Å². The second-order valence-electron chi connectivity index (χ2n) is 3.73. The van der Waals surface area contributed by atoms with E-state index in [0.29, 0.717) is 6.54 Å². The van der Waals surface area contributed by atoms with Crippen LogP contribution in [0.1, 0.15) is 13.3 Å². The highest BCUT2D eigenvalue weighted by atomic mass is 16.2. The van der Waals surface area contributed by atoms with Gasteiger partial charge in [0.15, 0.2) is 0 Å². The molecule has 7 nitrogen and oxygen atoms in total. The quantitative estimate of drug-likeness (QED) is 0.246. The molecule has 2 N–H and O–H groups in total. The number of aliphatic imine (C=N–C) groups is 2. The standard InChI is InChI=1S/C11H21N5O2/c1-10(11(18)12-2)15-8-14-7-13-5-4-6-16(3)9-17/h7-10H,4-6H2,1-3H3,(H,12,18)(H,13,14,15). The van der Waals surface area contributed by atoms with Crippen molar-refractivity contribution in [1.82, 2.24) is 15.5 Å². The van der Waals surface area contributed by atoms with Crippen molar-refractivity contribution in [2.24, 2.45) is 9.98 Å². The Kier molecular flexibility index (Phi) is 9.15. The molecule has 0 fully saturated rings. The molecule has 1 unspecified atom stereocenters. The molecule has 0 aromatic heterocycles. The second-order valence-corrected chi connectivity index (χ2v) is 3.73. The summed E-state index contributed by atoms with van der Waals surface area (Å²) in [4.78, 5) is 30.7. The Bertz CT molecular complexity index is 304.